The van der Waals surface area contributed by atoms with Gasteiger partial charge in [0.25, 0.3) is 11.5 Å². The van der Waals surface area contributed by atoms with Crippen molar-refractivity contribution in [3.63, 3.8) is 0 Å². The maximum absolute atomic E-state index is 13.6. The lowest BCUT2D eigenvalue weighted by Gasteiger charge is -2.28. The van der Waals surface area contributed by atoms with Gasteiger partial charge in [-0.25, -0.2) is 4.98 Å². The first-order valence-corrected chi connectivity index (χ1v) is 10.9. The number of ether oxygens (including phenoxy) is 2. The molecule has 1 amide bonds. The van der Waals surface area contributed by atoms with Crippen molar-refractivity contribution in [3.8, 4) is 17.2 Å². The summed E-state index contributed by atoms with van der Waals surface area (Å²) in [5.74, 6) is 0.773. The topological polar surface area (TPSA) is 73.7 Å². The molecule has 31 heavy (non-hydrogen) atoms. The summed E-state index contributed by atoms with van der Waals surface area (Å²) in [4.78, 5) is 30.8. The highest BCUT2D eigenvalue weighted by Gasteiger charge is 2.28. The molecule has 0 bridgehead atoms. The van der Waals surface area contributed by atoms with Gasteiger partial charge < -0.3 is 14.4 Å². The van der Waals surface area contributed by atoms with Gasteiger partial charge in [-0.3, -0.25) is 14.2 Å². The monoisotopic (exact) mass is 527 g/mol. The highest BCUT2D eigenvalue weighted by molar-refractivity contribution is 9.10. The summed E-state index contributed by atoms with van der Waals surface area (Å²) in [5.41, 5.74) is 0.652. The number of nitrogens with zero attached hydrogens (tertiary/aromatic N) is 3. The van der Waals surface area contributed by atoms with Crippen LogP contribution in [0.1, 0.15) is 18.8 Å². The SMILES string of the molecule is COc1cc(OC)c(Br)c(-n2c(C(C)N(C)C(=O)C(Cl)Cl)nc3ccccc3c2=O)c1. The fourth-order valence-electron chi connectivity index (χ4n) is 3.17. The Bertz CT molecular complexity index is 1200. The predicted octanol–water partition coefficient (Wildman–Crippen LogP) is 4.49. The highest BCUT2D eigenvalue weighted by atomic mass is 79.9. The fourth-order valence-corrected chi connectivity index (χ4v) is 4.04. The van der Waals surface area contributed by atoms with Crippen LogP contribution >= 0.6 is 39.1 Å². The molecule has 2 aromatic carbocycles. The van der Waals surface area contributed by atoms with Gasteiger partial charge in [0.15, 0.2) is 4.84 Å². The number of alkyl halides is 2. The molecule has 0 saturated carbocycles. The molecule has 0 aliphatic rings. The van der Waals surface area contributed by atoms with E-state index >= 15 is 0 Å². The number of fused-ring (bicyclic) bond motifs is 1. The van der Waals surface area contributed by atoms with E-state index < -0.39 is 16.8 Å². The van der Waals surface area contributed by atoms with Gasteiger partial charge in [0.05, 0.1) is 41.3 Å². The molecule has 1 atom stereocenters. The lowest BCUT2D eigenvalue weighted by atomic mass is 10.2. The Kier molecular flexibility index (Phi) is 7.13. The number of hydrogen-bond acceptors (Lipinski definition) is 5. The van der Waals surface area contributed by atoms with Gasteiger partial charge in [0.1, 0.15) is 17.3 Å². The molecule has 7 nitrogen and oxygen atoms in total. The Balaban J connectivity index is 2.38. The van der Waals surface area contributed by atoms with Crippen LogP contribution in [0.5, 0.6) is 11.5 Å². The van der Waals surface area contributed by atoms with Crippen LogP contribution < -0.4 is 15.0 Å². The number of halogens is 3. The predicted molar refractivity (Wildman–Crippen MR) is 125 cm³/mol. The minimum Gasteiger partial charge on any atom is -0.497 e. The van der Waals surface area contributed by atoms with Crippen molar-refractivity contribution in [2.24, 2.45) is 0 Å². The number of benzene rings is 2. The van der Waals surface area contributed by atoms with Gasteiger partial charge >= 0.3 is 0 Å². The highest BCUT2D eigenvalue weighted by Crippen LogP contribution is 2.36. The summed E-state index contributed by atoms with van der Waals surface area (Å²) in [6.45, 7) is 1.74. The van der Waals surface area contributed by atoms with Crippen molar-refractivity contribution < 1.29 is 14.3 Å². The first-order valence-electron chi connectivity index (χ1n) is 9.19. The Hall–Kier alpha value is -2.29. The number of para-hydroxylation sites is 1. The number of rotatable bonds is 6. The van der Waals surface area contributed by atoms with E-state index in [9.17, 15) is 9.59 Å². The van der Waals surface area contributed by atoms with Crippen LogP contribution in [0.25, 0.3) is 16.6 Å². The van der Waals surface area contributed by atoms with Crippen LogP contribution in [0.4, 0.5) is 0 Å². The molecule has 3 rings (SSSR count). The summed E-state index contributed by atoms with van der Waals surface area (Å²) < 4.78 is 12.8. The summed E-state index contributed by atoms with van der Waals surface area (Å²) >= 11 is 15.1. The van der Waals surface area contributed by atoms with E-state index in [1.54, 1.807) is 50.4 Å². The molecule has 164 valence electrons. The quantitative estimate of drug-likeness (QED) is 0.441. The molecular formula is C21H20BrCl2N3O4. The zero-order valence-electron chi connectivity index (χ0n) is 17.2. The maximum atomic E-state index is 13.6. The molecule has 1 unspecified atom stereocenters. The van der Waals surface area contributed by atoms with Crippen molar-refractivity contribution in [1.82, 2.24) is 14.5 Å². The molecule has 0 saturated heterocycles. The van der Waals surface area contributed by atoms with E-state index in [-0.39, 0.29) is 5.56 Å². The third kappa shape index (κ3) is 4.37. The Labute approximate surface area is 197 Å². The standard InChI is InChI=1S/C21H20BrCl2N3O4/c1-11(26(2)21(29)18(23)24)19-25-14-8-6-5-7-13(14)20(28)27(19)15-9-12(30-3)10-16(31-4)17(15)22/h5-11,18H,1-4H3. The van der Waals surface area contributed by atoms with Crippen LogP contribution in [0.3, 0.4) is 0 Å². The molecule has 0 radical (unpaired) electrons. The normalized spacial score (nSPS) is 12.1. The molecule has 3 aromatic rings. The molecular weight excluding hydrogens is 509 g/mol. The van der Waals surface area contributed by atoms with E-state index in [1.807, 2.05) is 0 Å². The van der Waals surface area contributed by atoms with Crippen molar-refractivity contribution in [1.29, 1.82) is 0 Å². The Morgan fingerprint density at radius 3 is 2.48 bits per heavy atom. The Morgan fingerprint density at radius 2 is 1.87 bits per heavy atom. The number of amides is 1. The third-order valence-corrected chi connectivity index (χ3v) is 6.15. The fraction of sp³-hybridized carbons (Fsp3) is 0.286. The third-order valence-electron chi connectivity index (χ3n) is 4.98. The number of hydrogen-bond donors (Lipinski definition) is 0. The number of methoxy groups -OCH3 is 2. The van der Waals surface area contributed by atoms with Crippen molar-refractivity contribution in [2.75, 3.05) is 21.3 Å². The van der Waals surface area contributed by atoms with E-state index in [1.165, 1.54) is 23.7 Å². The number of carbonyl (C=O) groups is 1. The van der Waals surface area contributed by atoms with E-state index in [2.05, 4.69) is 15.9 Å². The minimum absolute atomic E-state index is 0.308. The molecule has 0 spiro atoms. The second-order valence-electron chi connectivity index (χ2n) is 6.72. The Morgan fingerprint density at radius 1 is 1.19 bits per heavy atom. The van der Waals surface area contributed by atoms with E-state index in [0.29, 0.717) is 38.4 Å². The van der Waals surface area contributed by atoms with E-state index in [4.69, 9.17) is 37.7 Å². The zero-order valence-corrected chi connectivity index (χ0v) is 20.3. The lowest BCUT2D eigenvalue weighted by Crippen LogP contribution is -2.37. The van der Waals surface area contributed by atoms with Crippen LogP contribution in [0.2, 0.25) is 0 Å². The van der Waals surface area contributed by atoms with Crippen LogP contribution in [-0.2, 0) is 4.79 Å². The molecule has 0 N–H and O–H groups in total. The van der Waals surface area contributed by atoms with Gasteiger partial charge in [-0.1, -0.05) is 35.3 Å². The van der Waals surface area contributed by atoms with Crippen molar-refractivity contribution >= 4 is 55.9 Å². The molecule has 1 heterocycles. The van der Waals surface area contributed by atoms with Gasteiger partial charge in [-0.05, 0) is 35.0 Å². The van der Waals surface area contributed by atoms with Crippen LogP contribution in [-0.4, -0.2) is 46.5 Å². The minimum atomic E-state index is -1.24. The second-order valence-corrected chi connectivity index (χ2v) is 8.61. The summed E-state index contributed by atoms with van der Waals surface area (Å²) in [6, 6.07) is 9.75. The molecule has 0 aliphatic heterocycles. The van der Waals surface area contributed by atoms with Crippen LogP contribution in [0, 0.1) is 0 Å². The average Bonchev–Trinajstić information content (AvgIpc) is 2.77. The largest absolute Gasteiger partial charge is 0.497 e. The zero-order chi connectivity index (χ0) is 22.9. The average molecular weight is 529 g/mol. The number of carbonyl (C=O) groups excluding carboxylic acids is 1. The molecule has 10 heteroatoms. The van der Waals surface area contributed by atoms with Gasteiger partial charge in [0.2, 0.25) is 0 Å². The summed E-state index contributed by atoms with van der Waals surface area (Å²) in [5, 5.41) is 0.425. The number of aromatic nitrogens is 2. The van der Waals surface area contributed by atoms with Gasteiger partial charge in [0, 0.05) is 19.2 Å². The van der Waals surface area contributed by atoms with Gasteiger partial charge in [-0.2, -0.15) is 0 Å². The van der Waals surface area contributed by atoms with Gasteiger partial charge in [-0.15, -0.1) is 0 Å². The first-order chi connectivity index (χ1) is 14.7. The van der Waals surface area contributed by atoms with Crippen molar-refractivity contribution in [2.45, 2.75) is 17.8 Å². The first kappa shape index (κ1) is 23.4. The van der Waals surface area contributed by atoms with Crippen molar-refractivity contribution in [3.05, 3.63) is 57.0 Å². The smallest absolute Gasteiger partial charge is 0.266 e. The molecule has 0 aliphatic carbocycles. The summed E-state index contributed by atoms with van der Waals surface area (Å²) in [7, 11) is 4.59. The molecule has 0 fully saturated rings. The lowest BCUT2D eigenvalue weighted by molar-refractivity contribution is -0.130. The molecule has 1 aromatic heterocycles. The maximum Gasteiger partial charge on any atom is 0.266 e. The summed E-state index contributed by atoms with van der Waals surface area (Å²) in [6.07, 6.45) is 0. The van der Waals surface area contributed by atoms with E-state index in [0.717, 1.165) is 0 Å². The van der Waals surface area contributed by atoms with Crippen LogP contribution in [0.15, 0.2) is 45.7 Å². The second kappa shape index (κ2) is 9.46.